The van der Waals surface area contributed by atoms with Crippen LogP contribution in [0.25, 0.3) is 0 Å². The first-order chi connectivity index (χ1) is 5.99. The second-order valence-electron chi connectivity index (χ2n) is 3.27. The van der Waals surface area contributed by atoms with Gasteiger partial charge in [0.2, 0.25) is 0 Å². The molecule has 2 atom stereocenters. The highest BCUT2D eigenvalue weighted by atomic mass is 16.4. The maximum Gasteiger partial charge on any atom is 0.311 e. The Balaban J connectivity index is 4.73. The largest absolute Gasteiger partial charge is 0.481 e. The van der Waals surface area contributed by atoms with E-state index in [1.165, 1.54) is 0 Å². The van der Waals surface area contributed by atoms with E-state index in [1.807, 2.05) is 20.8 Å². The predicted molar refractivity (Wildman–Crippen MR) is 53.4 cm³/mol. The molecule has 0 aromatic carbocycles. The standard InChI is InChI=1S/C11H16O2/c1-5-9(4)10(11(12)13)7-6-8(2)3/h5,7,9-10H,1H2,2-4H3,(H,12,13). The van der Waals surface area contributed by atoms with Gasteiger partial charge in [0.25, 0.3) is 0 Å². The highest BCUT2D eigenvalue weighted by Crippen LogP contribution is 2.14. The van der Waals surface area contributed by atoms with Crippen LogP contribution in [-0.2, 0) is 4.79 Å². The Kier molecular flexibility index (Phi) is 4.86. The number of carboxylic acids is 1. The minimum Gasteiger partial charge on any atom is -0.481 e. The van der Waals surface area contributed by atoms with Gasteiger partial charge in [0.15, 0.2) is 0 Å². The zero-order valence-corrected chi connectivity index (χ0v) is 8.37. The van der Waals surface area contributed by atoms with Gasteiger partial charge in [-0.2, -0.15) is 0 Å². The molecule has 2 heteroatoms. The lowest BCUT2D eigenvalue weighted by Gasteiger charge is -2.10. The van der Waals surface area contributed by atoms with Gasteiger partial charge in [-0.1, -0.05) is 13.0 Å². The highest BCUT2D eigenvalue weighted by molar-refractivity contribution is 5.72. The Bertz CT molecular complexity index is 253. The van der Waals surface area contributed by atoms with E-state index in [2.05, 4.69) is 12.3 Å². The quantitative estimate of drug-likeness (QED) is 0.533. The topological polar surface area (TPSA) is 37.3 Å². The number of aliphatic carboxylic acids is 1. The Morgan fingerprint density at radius 2 is 2.08 bits per heavy atom. The molecule has 0 heterocycles. The number of hydrogen-bond acceptors (Lipinski definition) is 1. The summed E-state index contributed by atoms with van der Waals surface area (Å²) < 4.78 is 0. The van der Waals surface area contributed by atoms with Crippen molar-refractivity contribution in [2.24, 2.45) is 11.8 Å². The van der Waals surface area contributed by atoms with Crippen LogP contribution in [0.4, 0.5) is 0 Å². The summed E-state index contributed by atoms with van der Waals surface area (Å²) in [6.07, 6.45) is 3.23. The Morgan fingerprint density at radius 3 is 2.38 bits per heavy atom. The van der Waals surface area contributed by atoms with Crippen LogP contribution >= 0.6 is 0 Å². The summed E-state index contributed by atoms with van der Waals surface area (Å²) in [5.41, 5.74) is 3.88. The average Bonchev–Trinajstić information content (AvgIpc) is 2.03. The van der Waals surface area contributed by atoms with Crippen molar-refractivity contribution in [1.29, 1.82) is 0 Å². The molecular formula is C11H16O2. The van der Waals surface area contributed by atoms with Gasteiger partial charge in [0.1, 0.15) is 0 Å². The third-order valence-corrected chi connectivity index (χ3v) is 1.77. The molecule has 0 amide bonds. The van der Waals surface area contributed by atoms with Crippen molar-refractivity contribution in [2.45, 2.75) is 20.8 Å². The van der Waals surface area contributed by atoms with Crippen LogP contribution in [0.5, 0.6) is 0 Å². The molecule has 13 heavy (non-hydrogen) atoms. The summed E-state index contributed by atoms with van der Waals surface area (Å²) in [4.78, 5) is 10.8. The molecule has 0 aromatic rings. The maximum atomic E-state index is 10.8. The summed E-state index contributed by atoms with van der Waals surface area (Å²) >= 11 is 0. The molecule has 0 radical (unpaired) electrons. The van der Waals surface area contributed by atoms with Gasteiger partial charge in [-0.05, 0) is 31.4 Å². The van der Waals surface area contributed by atoms with Crippen molar-refractivity contribution in [3.63, 3.8) is 0 Å². The van der Waals surface area contributed by atoms with Crippen molar-refractivity contribution >= 4 is 5.97 Å². The predicted octanol–water partition coefficient (Wildman–Crippen LogP) is 2.63. The molecule has 0 aliphatic carbocycles. The second kappa shape index (κ2) is 5.39. The van der Waals surface area contributed by atoms with Gasteiger partial charge < -0.3 is 5.11 Å². The van der Waals surface area contributed by atoms with Crippen molar-refractivity contribution in [2.75, 3.05) is 0 Å². The first-order valence-corrected chi connectivity index (χ1v) is 4.24. The minimum absolute atomic E-state index is 0.0654. The van der Waals surface area contributed by atoms with Gasteiger partial charge in [-0.3, -0.25) is 4.79 Å². The van der Waals surface area contributed by atoms with Gasteiger partial charge in [0.05, 0.1) is 5.92 Å². The number of carboxylic acid groups (broad SMARTS) is 1. The fraction of sp³-hybridized carbons (Fsp3) is 0.455. The number of carbonyl (C=O) groups is 1. The van der Waals surface area contributed by atoms with Crippen LogP contribution in [0, 0.1) is 11.8 Å². The molecule has 0 aliphatic heterocycles. The van der Waals surface area contributed by atoms with Crippen molar-refractivity contribution in [3.8, 4) is 0 Å². The molecule has 2 nitrogen and oxygen atoms in total. The normalized spacial score (nSPS) is 13.8. The lowest BCUT2D eigenvalue weighted by molar-refractivity contribution is -0.140. The van der Waals surface area contributed by atoms with E-state index in [0.717, 1.165) is 5.57 Å². The van der Waals surface area contributed by atoms with E-state index in [0.29, 0.717) is 0 Å². The Labute approximate surface area is 79.3 Å². The molecule has 0 rings (SSSR count). The molecule has 0 saturated heterocycles. The zero-order chi connectivity index (χ0) is 10.4. The summed E-state index contributed by atoms with van der Waals surface area (Å²) in [5, 5.41) is 8.86. The monoisotopic (exact) mass is 180 g/mol. The van der Waals surface area contributed by atoms with Crippen molar-refractivity contribution in [1.82, 2.24) is 0 Å². The van der Waals surface area contributed by atoms with Crippen LogP contribution in [0.2, 0.25) is 0 Å². The lowest BCUT2D eigenvalue weighted by Crippen LogP contribution is -2.17. The van der Waals surface area contributed by atoms with E-state index in [-0.39, 0.29) is 5.92 Å². The fourth-order valence-electron chi connectivity index (χ4n) is 0.851. The SMILES string of the molecule is C=CC(C)C(C=C=C(C)C)C(=O)O. The molecule has 0 spiro atoms. The molecule has 1 N–H and O–H groups in total. The minimum atomic E-state index is -0.832. The molecule has 0 saturated carbocycles. The van der Waals surface area contributed by atoms with E-state index in [4.69, 9.17) is 5.11 Å². The van der Waals surface area contributed by atoms with Crippen molar-refractivity contribution in [3.05, 3.63) is 30.0 Å². The maximum absolute atomic E-state index is 10.8. The van der Waals surface area contributed by atoms with Gasteiger partial charge in [-0.15, -0.1) is 12.3 Å². The first-order valence-electron chi connectivity index (χ1n) is 4.24. The molecule has 0 bridgehead atoms. The summed E-state index contributed by atoms with van der Waals surface area (Å²) in [7, 11) is 0. The smallest absolute Gasteiger partial charge is 0.311 e. The fourth-order valence-corrected chi connectivity index (χ4v) is 0.851. The van der Waals surface area contributed by atoms with Crippen LogP contribution in [-0.4, -0.2) is 11.1 Å². The summed E-state index contributed by atoms with van der Waals surface area (Å²) in [6, 6.07) is 0. The number of rotatable bonds is 4. The van der Waals surface area contributed by atoms with E-state index >= 15 is 0 Å². The van der Waals surface area contributed by atoms with Crippen LogP contribution in [0.3, 0.4) is 0 Å². The molecule has 2 unspecified atom stereocenters. The molecule has 0 aromatic heterocycles. The van der Waals surface area contributed by atoms with Gasteiger partial charge in [-0.25, -0.2) is 0 Å². The Hall–Kier alpha value is -1.27. The van der Waals surface area contributed by atoms with Crippen LogP contribution in [0.1, 0.15) is 20.8 Å². The third kappa shape index (κ3) is 4.34. The Morgan fingerprint density at radius 1 is 1.54 bits per heavy atom. The molecule has 0 fully saturated rings. The second-order valence-corrected chi connectivity index (χ2v) is 3.27. The summed E-state index contributed by atoms with van der Waals surface area (Å²) in [6.45, 7) is 9.17. The van der Waals surface area contributed by atoms with E-state index in [9.17, 15) is 4.79 Å². The van der Waals surface area contributed by atoms with Gasteiger partial charge in [0, 0.05) is 0 Å². The molecule has 72 valence electrons. The average molecular weight is 180 g/mol. The molecule has 0 aliphatic rings. The first kappa shape index (κ1) is 11.7. The number of hydrogen-bond donors (Lipinski definition) is 1. The zero-order valence-electron chi connectivity index (χ0n) is 8.37. The number of allylic oxidation sites excluding steroid dienone is 1. The van der Waals surface area contributed by atoms with Crippen molar-refractivity contribution < 1.29 is 9.90 Å². The summed E-state index contributed by atoms with van der Waals surface area (Å²) in [5.74, 6) is -1.42. The third-order valence-electron chi connectivity index (χ3n) is 1.77. The van der Waals surface area contributed by atoms with E-state index in [1.54, 1.807) is 12.2 Å². The van der Waals surface area contributed by atoms with Crippen LogP contribution in [0.15, 0.2) is 30.0 Å². The highest BCUT2D eigenvalue weighted by Gasteiger charge is 2.18. The lowest BCUT2D eigenvalue weighted by atomic mass is 9.94. The van der Waals surface area contributed by atoms with Gasteiger partial charge >= 0.3 is 5.97 Å². The van der Waals surface area contributed by atoms with E-state index < -0.39 is 11.9 Å². The molecular weight excluding hydrogens is 164 g/mol. The van der Waals surface area contributed by atoms with Crippen LogP contribution < -0.4 is 0 Å².